The van der Waals surface area contributed by atoms with Crippen LogP contribution in [0.25, 0.3) is 0 Å². The molecule has 0 spiro atoms. The van der Waals surface area contributed by atoms with Gasteiger partial charge in [0.05, 0.1) is 23.6 Å². The number of H-pyrrole nitrogens is 1. The van der Waals surface area contributed by atoms with E-state index in [-0.39, 0.29) is 17.9 Å². The summed E-state index contributed by atoms with van der Waals surface area (Å²) in [6.45, 7) is 6.45. The lowest BCUT2D eigenvalue weighted by molar-refractivity contribution is 0.296. The van der Waals surface area contributed by atoms with Crippen molar-refractivity contribution in [3.63, 3.8) is 0 Å². The van der Waals surface area contributed by atoms with Crippen molar-refractivity contribution in [3.05, 3.63) is 81.3 Å². The van der Waals surface area contributed by atoms with E-state index in [1.807, 2.05) is 36.4 Å². The van der Waals surface area contributed by atoms with Crippen LogP contribution in [0, 0.1) is 11.3 Å². The van der Waals surface area contributed by atoms with Gasteiger partial charge in [0.15, 0.2) is 0 Å². The monoisotopic (exact) mass is 464 g/mol. The molecule has 1 aromatic heterocycles. The van der Waals surface area contributed by atoms with Crippen LogP contribution in [0.3, 0.4) is 0 Å². The molecule has 3 N–H and O–H groups in total. The molecule has 0 amide bonds. The molecule has 7 nitrogen and oxygen atoms in total. The zero-order valence-electron chi connectivity index (χ0n) is 18.9. The zero-order chi connectivity index (χ0) is 23.8. The minimum absolute atomic E-state index is 0.0478. The summed E-state index contributed by atoms with van der Waals surface area (Å²) < 4.78 is 17.2. The van der Waals surface area contributed by atoms with Crippen LogP contribution in [-0.4, -0.2) is 17.3 Å². The summed E-state index contributed by atoms with van der Waals surface area (Å²) in [6.07, 6.45) is 0. The fourth-order valence-corrected chi connectivity index (χ4v) is 4.15. The largest absolute Gasteiger partial charge is 0.496 e. The Morgan fingerprint density at radius 1 is 1.21 bits per heavy atom. The first-order valence-electron chi connectivity index (χ1n) is 10.4. The molecule has 8 heteroatoms. The molecule has 4 rings (SSSR count). The van der Waals surface area contributed by atoms with Crippen molar-refractivity contribution in [2.75, 3.05) is 7.11 Å². The highest BCUT2D eigenvalue weighted by Crippen LogP contribution is 2.46. The van der Waals surface area contributed by atoms with Crippen molar-refractivity contribution in [2.24, 2.45) is 5.73 Å². The van der Waals surface area contributed by atoms with Gasteiger partial charge in [0, 0.05) is 16.7 Å². The van der Waals surface area contributed by atoms with Gasteiger partial charge in [0.25, 0.3) is 0 Å². The summed E-state index contributed by atoms with van der Waals surface area (Å²) in [4.78, 5) is 0. The Morgan fingerprint density at radius 2 is 1.97 bits per heavy atom. The van der Waals surface area contributed by atoms with Crippen LogP contribution >= 0.6 is 11.6 Å². The average Bonchev–Trinajstić information content (AvgIpc) is 3.21. The smallest absolute Gasteiger partial charge is 0.244 e. The number of halogens is 1. The van der Waals surface area contributed by atoms with Crippen LogP contribution < -0.4 is 19.9 Å². The SMILES string of the molecule is COc1ccc([C@H]2C(C#N)=C(N)Oc3n[nH]c(C(C)(C)C)c32)cc1COc1ccccc1Cl. The van der Waals surface area contributed by atoms with Crippen molar-refractivity contribution in [3.8, 4) is 23.4 Å². The topological polar surface area (TPSA) is 106 Å². The third-order valence-corrected chi connectivity index (χ3v) is 5.86. The first-order valence-corrected chi connectivity index (χ1v) is 10.8. The fraction of sp³-hybridized carbons (Fsp3) is 0.280. The number of nitrogens with zero attached hydrogens (tertiary/aromatic N) is 2. The number of methoxy groups -OCH3 is 1. The molecule has 2 heterocycles. The van der Waals surface area contributed by atoms with E-state index in [0.717, 1.165) is 22.4 Å². The number of nitrogens with one attached hydrogen (secondary N) is 1. The van der Waals surface area contributed by atoms with Crippen molar-refractivity contribution in [1.82, 2.24) is 10.2 Å². The molecule has 0 aliphatic carbocycles. The van der Waals surface area contributed by atoms with Crippen molar-refractivity contribution in [1.29, 1.82) is 5.26 Å². The number of hydrogen-bond donors (Lipinski definition) is 2. The number of ether oxygens (including phenoxy) is 3. The Balaban J connectivity index is 1.80. The minimum Gasteiger partial charge on any atom is -0.496 e. The summed E-state index contributed by atoms with van der Waals surface area (Å²) in [5, 5.41) is 17.9. The molecule has 170 valence electrons. The quantitative estimate of drug-likeness (QED) is 0.539. The number of benzene rings is 2. The second-order valence-electron chi connectivity index (χ2n) is 8.78. The molecule has 0 saturated carbocycles. The standard InChI is InChI=1S/C25H25ClN4O3/c1-25(2,3)22-21-20(16(12-27)23(28)33-24(21)30-29-22)14-9-10-18(31-4)15(11-14)13-32-19-8-6-5-7-17(19)26/h5-11,20H,13,28H2,1-4H3,(H,29,30)/t20-/m0/s1. The number of nitriles is 1. The second-order valence-corrected chi connectivity index (χ2v) is 9.19. The van der Waals surface area contributed by atoms with Crippen molar-refractivity contribution >= 4 is 11.6 Å². The van der Waals surface area contributed by atoms with Gasteiger partial charge in [-0.05, 0) is 29.8 Å². The van der Waals surface area contributed by atoms with Crippen LogP contribution in [0.4, 0.5) is 0 Å². The predicted molar refractivity (Wildman–Crippen MR) is 125 cm³/mol. The first-order chi connectivity index (χ1) is 15.7. The number of nitrogens with two attached hydrogens (primary N) is 1. The van der Waals surface area contributed by atoms with Crippen LogP contribution in [-0.2, 0) is 12.0 Å². The molecule has 0 saturated heterocycles. The maximum atomic E-state index is 9.94. The summed E-state index contributed by atoms with van der Waals surface area (Å²) in [6, 6.07) is 15.3. The van der Waals surface area contributed by atoms with Gasteiger partial charge in [-0.1, -0.05) is 50.6 Å². The lowest BCUT2D eigenvalue weighted by Crippen LogP contribution is -2.24. The minimum atomic E-state index is -0.448. The molecular formula is C25H25ClN4O3. The Kier molecular flexibility index (Phi) is 5.96. The van der Waals surface area contributed by atoms with E-state index in [1.165, 1.54) is 0 Å². The Labute approximate surface area is 197 Å². The Morgan fingerprint density at radius 3 is 2.64 bits per heavy atom. The van der Waals surface area contributed by atoms with Gasteiger partial charge < -0.3 is 19.9 Å². The molecule has 1 aliphatic rings. The number of para-hydroxylation sites is 1. The zero-order valence-corrected chi connectivity index (χ0v) is 19.7. The summed E-state index contributed by atoms with van der Waals surface area (Å²) in [7, 11) is 1.60. The van der Waals surface area contributed by atoms with E-state index in [2.05, 4.69) is 37.0 Å². The molecule has 2 aromatic carbocycles. The number of allylic oxidation sites excluding steroid dienone is 1. The summed E-state index contributed by atoms with van der Waals surface area (Å²) in [5.74, 6) is 1.22. The maximum absolute atomic E-state index is 9.94. The van der Waals surface area contributed by atoms with Gasteiger partial charge in [0.2, 0.25) is 11.8 Å². The molecule has 0 unspecified atom stereocenters. The number of hydrogen-bond acceptors (Lipinski definition) is 6. The van der Waals surface area contributed by atoms with Gasteiger partial charge in [0.1, 0.15) is 29.7 Å². The molecule has 3 aromatic rings. The highest BCUT2D eigenvalue weighted by Gasteiger charge is 2.38. The van der Waals surface area contributed by atoms with Crippen LogP contribution in [0.1, 0.15) is 49.1 Å². The molecule has 0 fully saturated rings. The van der Waals surface area contributed by atoms with Gasteiger partial charge in [-0.15, -0.1) is 5.10 Å². The second kappa shape index (κ2) is 8.72. The van der Waals surface area contributed by atoms with E-state index in [1.54, 1.807) is 13.2 Å². The summed E-state index contributed by atoms with van der Waals surface area (Å²) in [5.41, 5.74) is 9.53. The third kappa shape index (κ3) is 4.22. The number of aromatic nitrogens is 2. The lowest BCUT2D eigenvalue weighted by atomic mass is 9.78. The van der Waals surface area contributed by atoms with E-state index in [9.17, 15) is 5.26 Å². The van der Waals surface area contributed by atoms with Crippen LogP contribution in [0.15, 0.2) is 53.9 Å². The number of aromatic amines is 1. The molecular weight excluding hydrogens is 440 g/mol. The van der Waals surface area contributed by atoms with Crippen molar-refractivity contribution < 1.29 is 14.2 Å². The molecule has 1 atom stereocenters. The van der Waals surface area contributed by atoms with E-state index < -0.39 is 5.92 Å². The maximum Gasteiger partial charge on any atom is 0.244 e. The number of rotatable bonds is 5. The molecule has 33 heavy (non-hydrogen) atoms. The fourth-order valence-electron chi connectivity index (χ4n) is 3.96. The van der Waals surface area contributed by atoms with Gasteiger partial charge >= 0.3 is 0 Å². The van der Waals surface area contributed by atoms with Gasteiger partial charge in [-0.2, -0.15) is 5.26 Å². The lowest BCUT2D eigenvalue weighted by Gasteiger charge is -2.28. The predicted octanol–water partition coefficient (Wildman–Crippen LogP) is 5.17. The highest BCUT2D eigenvalue weighted by atomic mass is 35.5. The Hall–Kier alpha value is -3.63. The molecule has 0 bridgehead atoms. The average molecular weight is 465 g/mol. The van der Waals surface area contributed by atoms with Crippen LogP contribution in [0.5, 0.6) is 17.4 Å². The van der Waals surface area contributed by atoms with Crippen molar-refractivity contribution in [2.45, 2.75) is 38.7 Å². The number of fused-ring (bicyclic) bond motifs is 1. The molecule has 0 radical (unpaired) electrons. The van der Waals surface area contributed by atoms with Gasteiger partial charge in [-0.25, -0.2) is 0 Å². The van der Waals surface area contributed by atoms with Gasteiger partial charge in [-0.3, -0.25) is 5.10 Å². The first kappa shape index (κ1) is 22.6. The molecule has 1 aliphatic heterocycles. The third-order valence-electron chi connectivity index (χ3n) is 5.55. The normalized spacial score (nSPS) is 15.5. The summed E-state index contributed by atoms with van der Waals surface area (Å²) >= 11 is 6.24. The van der Waals surface area contributed by atoms with E-state index in [4.69, 9.17) is 31.5 Å². The van der Waals surface area contributed by atoms with E-state index >= 15 is 0 Å². The van der Waals surface area contributed by atoms with E-state index in [0.29, 0.717) is 28.0 Å². The Bertz CT molecular complexity index is 1270. The van der Waals surface area contributed by atoms with Crippen LogP contribution in [0.2, 0.25) is 5.02 Å². The highest BCUT2D eigenvalue weighted by molar-refractivity contribution is 6.32.